The maximum Gasteiger partial charge on any atom is 0.112 e. The van der Waals surface area contributed by atoms with Crippen LogP contribution in [0.1, 0.15) is 22.9 Å². The first-order chi connectivity index (χ1) is 10.3. The molecule has 0 atom stereocenters. The van der Waals surface area contributed by atoms with Crippen LogP contribution in [0.15, 0.2) is 48.5 Å². The molecule has 4 rings (SSSR count). The monoisotopic (exact) mass is 277 g/mol. The minimum absolute atomic E-state index is 0.543. The van der Waals surface area contributed by atoms with Crippen molar-refractivity contribution in [1.29, 1.82) is 0 Å². The molecule has 3 aromatic rings. The number of aromatic amines is 1. The van der Waals surface area contributed by atoms with Gasteiger partial charge in [-0.05, 0) is 30.2 Å². The summed E-state index contributed by atoms with van der Waals surface area (Å²) in [7, 11) is 0. The largest absolute Gasteiger partial charge is 0.342 e. The second-order valence-electron chi connectivity index (χ2n) is 6.02. The Kier molecular flexibility index (Phi) is 3.00. The van der Waals surface area contributed by atoms with Gasteiger partial charge >= 0.3 is 0 Å². The number of hydrogen-bond donors (Lipinski definition) is 1. The van der Waals surface area contributed by atoms with Crippen LogP contribution < -0.4 is 0 Å². The number of H-pyrrole nitrogens is 1. The number of fused-ring (bicyclic) bond motifs is 1. The van der Waals surface area contributed by atoms with Crippen molar-refractivity contribution in [3.05, 3.63) is 65.5 Å². The van der Waals surface area contributed by atoms with Gasteiger partial charge in [0.15, 0.2) is 0 Å². The molecular formula is C18H19N3. The number of nitrogens with zero attached hydrogens (tertiary/aromatic N) is 2. The molecule has 0 radical (unpaired) electrons. The Hall–Kier alpha value is -2.13. The van der Waals surface area contributed by atoms with Crippen molar-refractivity contribution in [3.63, 3.8) is 0 Å². The lowest BCUT2D eigenvalue weighted by molar-refractivity contribution is 0.135. The zero-order chi connectivity index (χ0) is 14.2. The number of benzene rings is 2. The van der Waals surface area contributed by atoms with Crippen molar-refractivity contribution in [1.82, 2.24) is 14.9 Å². The minimum Gasteiger partial charge on any atom is -0.342 e. The highest BCUT2D eigenvalue weighted by Gasteiger charge is 2.30. The number of aromatic nitrogens is 2. The smallest absolute Gasteiger partial charge is 0.112 e. The van der Waals surface area contributed by atoms with Gasteiger partial charge in [-0.1, -0.05) is 36.4 Å². The summed E-state index contributed by atoms with van der Waals surface area (Å²) in [5.41, 5.74) is 4.90. The summed E-state index contributed by atoms with van der Waals surface area (Å²) < 4.78 is 0. The number of nitrogens with one attached hydrogen (secondary N) is 1. The van der Waals surface area contributed by atoms with Crippen LogP contribution >= 0.6 is 0 Å². The third-order valence-corrected chi connectivity index (χ3v) is 4.25. The van der Waals surface area contributed by atoms with Gasteiger partial charge < -0.3 is 4.98 Å². The van der Waals surface area contributed by atoms with E-state index in [1.54, 1.807) is 0 Å². The summed E-state index contributed by atoms with van der Waals surface area (Å²) in [6.07, 6.45) is 0. The maximum atomic E-state index is 4.74. The molecule has 2 aromatic carbocycles. The van der Waals surface area contributed by atoms with Crippen LogP contribution in [-0.4, -0.2) is 28.0 Å². The van der Waals surface area contributed by atoms with Crippen molar-refractivity contribution in [2.45, 2.75) is 19.4 Å². The Morgan fingerprint density at radius 2 is 1.95 bits per heavy atom. The number of rotatable bonds is 3. The van der Waals surface area contributed by atoms with Crippen LogP contribution in [0.5, 0.6) is 0 Å². The molecule has 0 bridgehead atoms. The predicted molar refractivity (Wildman–Crippen MR) is 85.3 cm³/mol. The summed E-state index contributed by atoms with van der Waals surface area (Å²) in [6, 6.07) is 17.1. The Morgan fingerprint density at radius 1 is 1.14 bits per heavy atom. The van der Waals surface area contributed by atoms with Crippen LogP contribution in [0, 0.1) is 6.92 Å². The van der Waals surface area contributed by atoms with Crippen LogP contribution in [0.3, 0.4) is 0 Å². The van der Waals surface area contributed by atoms with Crippen molar-refractivity contribution < 1.29 is 0 Å². The van der Waals surface area contributed by atoms with E-state index in [9.17, 15) is 0 Å². The Bertz CT molecular complexity index is 754. The fourth-order valence-corrected chi connectivity index (χ4v) is 3.05. The minimum atomic E-state index is 0.543. The van der Waals surface area contributed by atoms with Crippen LogP contribution in [0.4, 0.5) is 0 Å². The zero-order valence-corrected chi connectivity index (χ0v) is 12.2. The van der Waals surface area contributed by atoms with Gasteiger partial charge in [0.05, 0.1) is 11.0 Å². The lowest BCUT2D eigenvalue weighted by Gasteiger charge is -2.38. The molecule has 1 N–H and O–H groups in total. The summed E-state index contributed by atoms with van der Waals surface area (Å²) in [6.45, 7) is 5.34. The molecule has 1 fully saturated rings. The first kappa shape index (κ1) is 12.6. The lowest BCUT2D eigenvalue weighted by Crippen LogP contribution is -2.44. The molecule has 0 aliphatic carbocycles. The average molecular weight is 277 g/mol. The van der Waals surface area contributed by atoms with Gasteiger partial charge in [0.2, 0.25) is 0 Å². The number of hydrogen-bond acceptors (Lipinski definition) is 2. The van der Waals surface area contributed by atoms with Gasteiger partial charge in [0, 0.05) is 25.6 Å². The molecule has 1 aliphatic heterocycles. The molecule has 2 heterocycles. The highest BCUT2D eigenvalue weighted by molar-refractivity contribution is 5.75. The molecule has 0 unspecified atom stereocenters. The van der Waals surface area contributed by atoms with Crippen molar-refractivity contribution in [2.75, 3.05) is 13.1 Å². The number of imidazole rings is 1. The fraction of sp³-hybridized carbons (Fsp3) is 0.278. The van der Waals surface area contributed by atoms with E-state index >= 15 is 0 Å². The Balaban J connectivity index is 1.44. The maximum absolute atomic E-state index is 4.74. The number of aryl methyl sites for hydroxylation is 1. The molecule has 0 saturated carbocycles. The number of likely N-dealkylation sites (tertiary alicyclic amines) is 1. The summed E-state index contributed by atoms with van der Waals surface area (Å²) in [5, 5.41) is 0. The first-order valence-electron chi connectivity index (χ1n) is 7.50. The molecule has 1 aromatic heterocycles. The summed E-state index contributed by atoms with van der Waals surface area (Å²) >= 11 is 0. The Labute approximate surface area is 124 Å². The summed E-state index contributed by atoms with van der Waals surface area (Å²) in [5.74, 6) is 1.68. The van der Waals surface area contributed by atoms with Gasteiger partial charge in [0.1, 0.15) is 5.82 Å². The van der Waals surface area contributed by atoms with Gasteiger partial charge in [-0.25, -0.2) is 4.98 Å². The van der Waals surface area contributed by atoms with E-state index < -0.39 is 0 Å². The van der Waals surface area contributed by atoms with Crippen LogP contribution in [-0.2, 0) is 6.54 Å². The lowest BCUT2D eigenvalue weighted by atomic mass is 9.98. The van der Waals surface area contributed by atoms with E-state index in [2.05, 4.69) is 65.3 Å². The molecule has 1 saturated heterocycles. The Morgan fingerprint density at radius 3 is 2.76 bits per heavy atom. The third-order valence-electron chi connectivity index (χ3n) is 4.25. The molecule has 21 heavy (non-hydrogen) atoms. The molecule has 106 valence electrons. The standard InChI is InChI=1S/C18H19N3/c1-13-7-8-16-17(9-13)20-18(19-16)15-11-21(12-15)10-14-5-3-2-4-6-14/h2-9,15H,10-12H2,1H3,(H,19,20). The third kappa shape index (κ3) is 2.45. The summed E-state index contributed by atoms with van der Waals surface area (Å²) in [4.78, 5) is 10.7. The molecule has 3 heteroatoms. The molecule has 0 amide bonds. The molecular weight excluding hydrogens is 258 g/mol. The predicted octanol–water partition coefficient (Wildman–Crippen LogP) is 3.47. The van der Waals surface area contributed by atoms with Gasteiger partial charge in [-0.15, -0.1) is 0 Å². The van der Waals surface area contributed by atoms with Gasteiger partial charge in [-0.3, -0.25) is 4.90 Å². The quantitative estimate of drug-likeness (QED) is 0.795. The van der Waals surface area contributed by atoms with Crippen molar-refractivity contribution in [3.8, 4) is 0 Å². The molecule has 0 spiro atoms. The second-order valence-corrected chi connectivity index (χ2v) is 6.02. The molecule has 3 nitrogen and oxygen atoms in total. The average Bonchev–Trinajstić information content (AvgIpc) is 2.85. The highest BCUT2D eigenvalue weighted by atomic mass is 15.2. The SMILES string of the molecule is Cc1ccc2nc(C3CN(Cc4ccccc4)C3)[nH]c2c1. The van der Waals surface area contributed by atoms with E-state index in [-0.39, 0.29) is 0 Å². The second kappa shape index (κ2) is 5.01. The fourth-order valence-electron chi connectivity index (χ4n) is 3.05. The van der Waals surface area contributed by atoms with Crippen molar-refractivity contribution in [2.24, 2.45) is 0 Å². The van der Waals surface area contributed by atoms with Gasteiger partial charge in [-0.2, -0.15) is 0 Å². The first-order valence-corrected chi connectivity index (χ1v) is 7.50. The zero-order valence-electron chi connectivity index (χ0n) is 12.2. The van der Waals surface area contributed by atoms with Crippen LogP contribution in [0.25, 0.3) is 11.0 Å². The van der Waals surface area contributed by atoms with E-state index in [1.807, 2.05) is 0 Å². The topological polar surface area (TPSA) is 31.9 Å². The van der Waals surface area contributed by atoms with E-state index in [1.165, 1.54) is 11.1 Å². The normalized spacial score (nSPS) is 16.2. The molecule has 1 aliphatic rings. The highest BCUT2D eigenvalue weighted by Crippen LogP contribution is 2.28. The van der Waals surface area contributed by atoms with Crippen LogP contribution in [0.2, 0.25) is 0 Å². The van der Waals surface area contributed by atoms with Crippen molar-refractivity contribution >= 4 is 11.0 Å². The van der Waals surface area contributed by atoms with E-state index in [0.717, 1.165) is 36.5 Å². The van der Waals surface area contributed by atoms with E-state index in [0.29, 0.717) is 5.92 Å². The van der Waals surface area contributed by atoms with Gasteiger partial charge in [0.25, 0.3) is 0 Å². The van der Waals surface area contributed by atoms with E-state index in [4.69, 9.17) is 4.98 Å².